The maximum Gasteiger partial charge on any atom is 0.426 e. The van der Waals surface area contributed by atoms with Crippen molar-refractivity contribution in [3.8, 4) is 6.01 Å². The molecule has 0 unspecified atom stereocenters. The van der Waals surface area contributed by atoms with Gasteiger partial charge in [-0.05, 0) is 32.8 Å². The van der Waals surface area contributed by atoms with Crippen LogP contribution in [0.4, 0.5) is 13.2 Å². The minimum Gasteiger partial charge on any atom is -0.427 e. The molecule has 0 radical (unpaired) electrons. The van der Waals surface area contributed by atoms with E-state index in [4.69, 9.17) is 4.42 Å². The quantitative estimate of drug-likeness (QED) is 0.893. The third-order valence-corrected chi connectivity index (χ3v) is 4.63. The molecule has 1 saturated heterocycles. The third kappa shape index (κ3) is 3.20. The molecule has 26 heavy (non-hydrogen) atoms. The van der Waals surface area contributed by atoms with Crippen molar-refractivity contribution < 1.29 is 27.5 Å². The van der Waals surface area contributed by atoms with E-state index in [2.05, 4.69) is 10.1 Å². The van der Waals surface area contributed by atoms with Gasteiger partial charge in [0.05, 0.1) is 11.9 Å². The second-order valence-electron chi connectivity index (χ2n) is 6.56. The third-order valence-electron chi connectivity index (χ3n) is 4.63. The summed E-state index contributed by atoms with van der Waals surface area (Å²) >= 11 is 0. The summed E-state index contributed by atoms with van der Waals surface area (Å²) in [5, 5.41) is 13.8. The van der Waals surface area contributed by atoms with Crippen LogP contribution < -0.4 is 0 Å². The van der Waals surface area contributed by atoms with E-state index in [-0.39, 0.29) is 19.0 Å². The van der Waals surface area contributed by atoms with E-state index >= 15 is 0 Å². The number of nitrogens with zero attached hydrogens (tertiary/aromatic N) is 4. The minimum absolute atomic E-state index is 0.00964. The van der Waals surface area contributed by atoms with Gasteiger partial charge in [0, 0.05) is 25.2 Å². The molecular weight excluding hydrogens is 353 g/mol. The van der Waals surface area contributed by atoms with Crippen molar-refractivity contribution in [3.05, 3.63) is 29.9 Å². The smallest absolute Gasteiger partial charge is 0.426 e. The Kier molecular flexibility index (Phi) is 4.55. The number of oxazole rings is 1. The molecule has 1 aliphatic heterocycles. The van der Waals surface area contributed by atoms with Gasteiger partial charge in [-0.2, -0.15) is 27.9 Å². The molecule has 1 atom stereocenters. The molecule has 1 amide bonds. The molecule has 1 fully saturated rings. The van der Waals surface area contributed by atoms with Gasteiger partial charge in [0.2, 0.25) is 5.60 Å². The van der Waals surface area contributed by atoms with Crippen LogP contribution in [0, 0.1) is 6.92 Å². The number of aryl methyl sites for hydroxylation is 1. The second kappa shape index (κ2) is 6.42. The average molecular weight is 372 g/mol. The summed E-state index contributed by atoms with van der Waals surface area (Å²) in [4.78, 5) is 17.2. The average Bonchev–Trinajstić information content (AvgIpc) is 3.21. The number of amides is 1. The van der Waals surface area contributed by atoms with Crippen molar-refractivity contribution in [2.75, 3.05) is 13.1 Å². The molecule has 10 heteroatoms. The zero-order valence-corrected chi connectivity index (χ0v) is 14.3. The Morgan fingerprint density at radius 2 is 2.00 bits per heavy atom. The van der Waals surface area contributed by atoms with Crippen molar-refractivity contribution in [3.63, 3.8) is 0 Å². The zero-order valence-electron chi connectivity index (χ0n) is 14.3. The number of carbonyl (C=O) groups is 1. The van der Waals surface area contributed by atoms with Gasteiger partial charge in [-0.25, -0.2) is 0 Å². The largest absolute Gasteiger partial charge is 0.427 e. The van der Waals surface area contributed by atoms with Crippen LogP contribution in [0.25, 0.3) is 6.01 Å². The van der Waals surface area contributed by atoms with Crippen LogP contribution in [0.2, 0.25) is 0 Å². The zero-order chi connectivity index (χ0) is 19.1. The van der Waals surface area contributed by atoms with Crippen LogP contribution in [0.1, 0.15) is 37.1 Å². The maximum atomic E-state index is 12.9. The Balaban J connectivity index is 1.70. The van der Waals surface area contributed by atoms with Gasteiger partial charge < -0.3 is 14.4 Å². The van der Waals surface area contributed by atoms with Gasteiger partial charge >= 0.3 is 12.2 Å². The molecule has 3 heterocycles. The fourth-order valence-electron chi connectivity index (χ4n) is 3.03. The van der Waals surface area contributed by atoms with E-state index in [0.717, 1.165) is 10.6 Å². The summed E-state index contributed by atoms with van der Waals surface area (Å²) in [6, 6.07) is 2.12. The lowest BCUT2D eigenvalue weighted by Crippen LogP contribution is -2.57. The summed E-state index contributed by atoms with van der Waals surface area (Å²) < 4.78 is 45.6. The van der Waals surface area contributed by atoms with E-state index in [1.54, 1.807) is 30.1 Å². The Morgan fingerprint density at radius 3 is 2.54 bits per heavy atom. The lowest BCUT2D eigenvalue weighted by Gasteiger charge is -2.36. The van der Waals surface area contributed by atoms with E-state index in [1.165, 1.54) is 0 Å². The van der Waals surface area contributed by atoms with Crippen LogP contribution in [0.5, 0.6) is 0 Å². The summed E-state index contributed by atoms with van der Waals surface area (Å²) in [5.41, 5.74) is -2.56. The monoisotopic (exact) mass is 372 g/mol. The highest BCUT2D eigenvalue weighted by Gasteiger charge is 2.57. The van der Waals surface area contributed by atoms with Gasteiger partial charge in [-0.3, -0.25) is 4.79 Å². The molecule has 142 valence electrons. The van der Waals surface area contributed by atoms with Gasteiger partial charge in [0.25, 0.3) is 5.91 Å². The van der Waals surface area contributed by atoms with Crippen molar-refractivity contribution in [1.29, 1.82) is 0 Å². The molecule has 0 spiro atoms. The fourth-order valence-corrected chi connectivity index (χ4v) is 3.03. The highest BCUT2D eigenvalue weighted by Crippen LogP contribution is 2.34. The van der Waals surface area contributed by atoms with Crippen molar-refractivity contribution in [2.45, 2.75) is 44.4 Å². The minimum atomic E-state index is -5.01. The van der Waals surface area contributed by atoms with Crippen LogP contribution in [-0.2, 0) is 4.79 Å². The number of piperidine rings is 1. The molecule has 3 rings (SSSR count). The van der Waals surface area contributed by atoms with Gasteiger partial charge in [-0.15, -0.1) is 0 Å². The summed E-state index contributed by atoms with van der Waals surface area (Å²) in [7, 11) is 0. The Hall–Kier alpha value is -2.36. The molecule has 1 N–H and O–H groups in total. The molecule has 7 nitrogen and oxygen atoms in total. The van der Waals surface area contributed by atoms with Crippen LogP contribution in [0.15, 0.2) is 22.9 Å². The number of carbonyl (C=O) groups excluding carboxylic acids is 1. The fraction of sp³-hybridized carbons (Fsp3) is 0.562. The molecule has 0 aliphatic carbocycles. The molecule has 2 aromatic heterocycles. The number of hydrogen-bond acceptors (Lipinski definition) is 5. The first kappa shape index (κ1) is 18.4. The van der Waals surface area contributed by atoms with E-state index < -0.39 is 17.7 Å². The lowest BCUT2D eigenvalue weighted by molar-refractivity contribution is -0.250. The second-order valence-corrected chi connectivity index (χ2v) is 6.56. The Labute approximate surface area is 147 Å². The highest BCUT2D eigenvalue weighted by molar-refractivity contribution is 5.85. The summed E-state index contributed by atoms with van der Waals surface area (Å²) in [5.74, 6) is -0.693. The Bertz CT molecular complexity index is 789. The van der Waals surface area contributed by atoms with Crippen molar-refractivity contribution in [2.24, 2.45) is 0 Å². The van der Waals surface area contributed by atoms with Crippen LogP contribution >= 0.6 is 0 Å². The van der Waals surface area contributed by atoms with Gasteiger partial charge in [0.15, 0.2) is 0 Å². The van der Waals surface area contributed by atoms with Crippen molar-refractivity contribution >= 4 is 5.91 Å². The predicted molar refractivity (Wildman–Crippen MR) is 83.6 cm³/mol. The van der Waals surface area contributed by atoms with Crippen LogP contribution in [0.3, 0.4) is 0 Å². The first-order valence-corrected chi connectivity index (χ1v) is 8.16. The maximum absolute atomic E-state index is 12.9. The number of likely N-dealkylation sites (tertiary alicyclic amines) is 1. The number of alkyl halides is 3. The highest BCUT2D eigenvalue weighted by atomic mass is 19.4. The molecule has 0 aromatic carbocycles. The normalized spacial score (nSPS) is 18.8. The first-order chi connectivity index (χ1) is 12.1. The predicted octanol–water partition coefficient (Wildman–Crippen LogP) is 2.19. The summed E-state index contributed by atoms with van der Waals surface area (Å²) in [6.07, 6.45) is -0.944. The van der Waals surface area contributed by atoms with Gasteiger partial charge in [-0.1, -0.05) is 0 Å². The summed E-state index contributed by atoms with van der Waals surface area (Å²) in [6.45, 7) is 2.48. The van der Waals surface area contributed by atoms with E-state index in [0.29, 0.717) is 31.5 Å². The SMILES string of the molecule is Cc1cnc(-n2nccc2C2CCN(C(=O)[C@@](C)(O)C(F)(F)F)CC2)o1. The Morgan fingerprint density at radius 1 is 1.35 bits per heavy atom. The van der Waals surface area contributed by atoms with Crippen molar-refractivity contribution in [1.82, 2.24) is 19.7 Å². The molecule has 0 bridgehead atoms. The standard InChI is InChI=1S/C16H19F3N4O3/c1-10-9-20-14(26-10)23-12(3-6-21-23)11-4-7-22(8-5-11)13(24)15(2,25)16(17,18)19/h3,6,9,11,25H,4-5,7-8H2,1-2H3/t15-/m1/s1. The lowest BCUT2D eigenvalue weighted by atomic mass is 9.92. The van der Waals surface area contributed by atoms with E-state index in [1.807, 2.05) is 0 Å². The topological polar surface area (TPSA) is 84.4 Å². The molecular formula is C16H19F3N4O3. The number of aromatic nitrogens is 3. The molecule has 0 saturated carbocycles. The number of rotatable bonds is 3. The molecule has 2 aromatic rings. The number of halogens is 3. The van der Waals surface area contributed by atoms with Crippen LogP contribution in [-0.4, -0.2) is 55.5 Å². The first-order valence-electron chi connectivity index (χ1n) is 8.16. The van der Waals surface area contributed by atoms with E-state index in [9.17, 15) is 23.1 Å². The molecule has 1 aliphatic rings. The number of aliphatic hydroxyl groups is 1. The van der Waals surface area contributed by atoms with Gasteiger partial charge in [0.1, 0.15) is 5.76 Å². The number of hydrogen-bond donors (Lipinski definition) is 1.